The third-order valence-corrected chi connectivity index (χ3v) is 6.30. The summed E-state index contributed by atoms with van der Waals surface area (Å²) < 4.78 is 18.9. The predicted molar refractivity (Wildman–Crippen MR) is 115 cm³/mol. The number of piperidine rings is 1. The Morgan fingerprint density at radius 3 is 2.57 bits per heavy atom. The van der Waals surface area contributed by atoms with E-state index in [1.807, 2.05) is 24.0 Å². The van der Waals surface area contributed by atoms with E-state index in [4.69, 9.17) is 9.72 Å². The fourth-order valence-corrected chi connectivity index (χ4v) is 4.63. The second kappa shape index (κ2) is 9.69. The van der Waals surface area contributed by atoms with Gasteiger partial charge in [-0.2, -0.15) is 0 Å². The first-order valence-electron chi connectivity index (χ1n) is 11.2. The molecule has 0 unspecified atom stereocenters. The number of aryl methyl sites for hydroxylation is 1. The quantitative estimate of drug-likeness (QED) is 0.712. The molecule has 0 aliphatic carbocycles. The molecule has 2 fully saturated rings. The van der Waals surface area contributed by atoms with Gasteiger partial charge in [0.15, 0.2) is 0 Å². The maximum Gasteiger partial charge on any atom is 0.225 e. The van der Waals surface area contributed by atoms with E-state index in [1.165, 1.54) is 24.1 Å². The Balaban J connectivity index is 1.35. The Hall–Kier alpha value is -2.27. The van der Waals surface area contributed by atoms with Gasteiger partial charge in [0.1, 0.15) is 5.82 Å². The van der Waals surface area contributed by atoms with Gasteiger partial charge in [-0.05, 0) is 80.8 Å². The Labute approximate surface area is 178 Å². The average Bonchev–Trinajstić information content (AvgIpc) is 2.76. The lowest BCUT2D eigenvalue weighted by Gasteiger charge is -2.33. The third kappa shape index (κ3) is 5.45. The molecule has 0 N–H and O–H groups in total. The van der Waals surface area contributed by atoms with Crippen molar-refractivity contribution in [2.75, 3.05) is 19.7 Å². The zero-order chi connectivity index (χ0) is 20.9. The predicted octanol–water partition coefficient (Wildman–Crippen LogP) is 4.79. The zero-order valence-electron chi connectivity index (χ0n) is 17.8. The van der Waals surface area contributed by atoms with Crippen LogP contribution in [0.4, 0.5) is 4.39 Å². The third-order valence-electron chi connectivity index (χ3n) is 6.30. The van der Waals surface area contributed by atoms with Gasteiger partial charge in [-0.15, -0.1) is 0 Å². The number of hydrogen-bond acceptors (Lipinski definition) is 3. The molecule has 0 bridgehead atoms. The Morgan fingerprint density at radius 2 is 1.87 bits per heavy atom. The summed E-state index contributed by atoms with van der Waals surface area (Å²) in [5.74, 6) is 0.406. The highest BCUT2D eigenvalue weighted by molar-refractivity contribution is 5.76. The summed E-state index contributed by atoms with van der Waals surface area (Å²) in [4.78, 5) is 19.4. The van der Waals surface area contributed by atoms with Crippen LogP contribution in [0.5, 0.6) is 0 Å². The molecular formula is C25H31FN2O2. The number of carbonyl (C=O) groups is 1. The number of likely N-dealkylation sites (tertiary alicyclic amines) is 1. The van der Waals surface area contributed by atoms with Crippen LogP contribution >= 0.6 is 0 Å². The standard InChI is InChI=1S/C25H31FN2O2/c1-18-14-20(15-19-5-7-22(26)8-6-19)16-24(27-18)21-9-11-28(12-10-21)25(29)17-23-4-2-3-13-30-23/h5-8,14,16,21,23H,2-4,9-13,15,17H2,1H3/t23-/m0/s1. The van der Waals surface area contributed by atoms with Crippen molar-refractivity contribution < 1.29 is 13.9 Å². The van der Waals surface area contributed by atoms with Crippen LogP contribution < -0.4 is 0 Å². The van der Waals surface area contributed by atoms with Crippen molar-refractivity contribution in [2.24, 2.45) is 0 Å². The lowest BCUT2D eigenvalue weighted by Crippen LogP contribution is -2.40. The molecule has 0 saturated carbocycles. The zero-order valence-corrected chi connectivity index (χ0v) is 17.8. The Kier molecular flexibility index (Phi) is 6.78. The van der Waals surface area contributed by atoms with Crippen LogP contribution in [0.2, 0.25) is 0 Å². The molecule has 4 rings (SSSR count). The molecule has 0 spiro atoms. The smallest absolute Gasteiger partial charge is 0.225 e. The first-order chi connectivity index (χ1) is 14.6. The molecule has 30 heavy (non-hydrogen) atoms. The van der Waals surface area contributed by atoms with E-state index in [9.17, 15) is 9.18 Å². The maximum atomic E-state index is 13.2. The Morgan fingerprint density at radius 1 is 1.10 bits per heavy atom. The van der Waals surface area contributed by atoms with Gasteiger partial charge in [-0.25, -0.2) is 4.39 Å². The first-order valence-corrected chi connectivity index (χ1v) is 11.2. The van der Waals surface area contributed by atoms with E-state index in [0.29, 0.717) is 12.3 Å². The summed E-state index contributed by atoms with van der Waals surface area (Å²) in [6, 6.07) is 11.0. The molecule has 0 radical (unpaired) electrons. The van der Waals surface area contributed by atoms with E-state index >= 15 is 0 Å². The van der Waals surface area contributed by atoms with Gasteiger partial charge in [-0.1, -0.05) is 12.1 Å². The SMILES string of the molecule is Cc1cc(Cc2ccc(F)cc2)cc(C2CCN(C(=O)C[C@@H]3CCCCO3)CC2)n1. The molecule has 2 aliphatic rings. The van der Waals surface area contributed by atoms with Gasteiger partial charge in [0.05, 0.1) is 12.5 Å². The van der Waals surface area contributed by atoms with Gasteiger partial charge >= 0.3 is 0 Å². The molecule has 1 amide bonds. The van der Waals surface area contributed by atoms with Crippen molar-refractivity contribution in [3.8, 4) is 0 Å². The van der Waals surface area contributed by atoms with Crippen molar-refractivity contribution in [3.63, 3.8) is 0 Å². The molecule has 1 atom stereocenters. The number of aromatic nitrogens is 1. The van der Waals surface area contributed by atoms with E-state index in [1.54, 1.807) is 0 Å². The number of amides is 1. The summed E-state index contributed by atoms with van der Waals surface area (Å²) in [5.41, 5.74) is 4.43. The van der Waals surface area contributed by atoms with Gasteiger partial charge in [0.25, 0.3) is 0 Å². The summed E-state index contributed by atoms with van der Waals surface area (Å²) in [5, 5.41) is 0. The lowest BCUT2D eigenvalue weighted by molar-refractivity contribution is -0.136. The topological polar surface area (TPSA) is 42.4 Å². The summed E-state index contributed by atoms with van der Waals surface area (Å²) >= 11 is 0. The first kappa shape index (κ1) is 21.0. The number of carbonyl (C=O) groups excluding carboxylic acids is 1. The van der Waals surface area contributed by atoms with Crippen LogP contribution in [0.1, 0.15) is 67.0 Å². The van der Waals surface area contributed by atoms with Crippen LogP contribution in [-0.4, -0.2) is 41.6 Å². The van der Waals surface area contributed by atoms with E-state index in [-0.39, 0.29) is 17.8 Å². The second-order valence-corrected chi connectivity index (χ2v) is 8.69. The number of pyridine rings is 1. The average molecular weight is 411 g/mol. The van der Waals surface area contributed by atoms with E-state index in [2.05, 4.69) is 12.1 Å². The van der Waals surface area contributed by atoms with Gasteiger partial charge in [0, 0.05) is 37.0 Å². The molecule has 1 aromatic heterocycles. The molecule has 4 nitrogen and oxygen atoms in total. The van der Waals surface area contributed by atoms with Crippen LogP contribution in [0.25, 0.3) is 0 Å². The number of benzene rings is 1. The molecule has 3 heterocycles. The molecule has 2 saturated heterocycles. The summed E-state index contributed by atoms with van der Waals surface area (Å²) in [7, 11) is 0. The van der Waals surface area contributed by atoms with Crippen molar-refractivity contribution in [1.82, 2.24) is 9.88 Å². The van der Waals surface area contributed by atoms with E-state index < -0.39 is 0 Å². The molecule has 5 heteroatoms. The van der Waals surface area contributed by atoms with Gasteiger partial charge < -0.3 is 9.64 Å². The largest absolute Gasteiger partial charge is 0.378 e. The van der Waals surface area contributed by atoms with Crippen molar-refractivity contribution in [2.45, 2.75) is 63.9 Å². The summed E-state index contributed by atoms with van der Waals surface area (Å²) in [6.07, 6.45) is 6.59. The normalized spacial score (nSPS) is 20.3. The van der Waals surface area contributed by atoms with Gasteiger partial charge in [0.2, 0.25) is 5.91 Å². The minimum absolute atomic E-state index is 0.108. The minimum atomic E-state index is -0.207. The second-order valence-electron chi connectivity index (χ2n) is 8.69. The fourth-order valence-electron chi connectivity index (χ4n) is 4.63. The highest BCUT2D eigenvalue weighted by atomic mass is 19.1. The number of halogens is 1. The fraction of sp³-hybridized carbons (Fsp3) is 0.520. The van der Waals surface area contributed by atoms with Crippen molar-refractivity contribution in [1.29, 1.82) is 0 Å². The highest BCUT2D eigenvalue weighted by Crippen LogP contribution is 2.29. The number of rotatable bonds is 5. The lowest BCUT2D eigenvalue weighted by atomic mass is 9.91. The van der Waals surface area contributed by atoms with Crippen LogP contribution in [0, 0.1) is 12.7 Å². The monoisotopic (exact) mass is 410 g/mol. The van der Waals surface area contributed by atoms with E-state index in [0.717, 1.165) is 68.8 Å². The molecule has 2 aliphatic heterocycles. The van der Waals surface area contributed by atoms with Crippen LogP contribution in [0.15, 0.2) is 36.4 Å². The van der Waals surface area contributed by atoms with Crippen molar-refractivity contribution >= 4 is 5.91 Å². The van der Waals surface area contributed by atoms with Crippen LogP contribution in [0.3, 0.4) is 0 Å². The summed E-state index contributed by atoms with van der Waals surface area (Å²) in [6.45, 7) is 4.40. The van der Waals surface area contributed by atoms with Crippen LogP contribution in [-0.2, 0) is 16.0 Å². The molecule has 2 aromatic rings. The Bertz CT molecular complexity index is 854. The molecule has 1 aromatic carbocycles. The highest BCUT2D eigenvalue weighted by Gasteiger charge is 2.27. The van der Waals surface area contributed by atoms with Gasteiger partial charge in [-0.3, -0.25) is 9.78 Å². The van der Waals surface area contributed by atoms with Crippen molar-refractivity contribution in [3.05, 3.63) is 64.7 Å². The number of nitrogens with zero attached hydrogens (tertiary/aromatic N) is 2. The maximum absolute atomic E-state index is 13.2. The number of ether oxygens (including phenoxy) is 1. The minimum Gasteiger partial charge on any atom is -0.378 e. The molecule has 160 valence electrons. The molecular weight excluding hydrogens is 379 g/mol. The number of hydrogen-bond donors (Lipinski definition) is 0.